The topological polar surface area (TPSA) is 213 Å². The van der Waals surface area contributed by atoms with Crippen LogP contribution in [0.25, 0.3) is 10.4 Å². The Kier molecular flexibility index (Phi) is 9.95. The third kappa shape index (κ3) is 8.44. The first-order valence-electron chi connectivity index (χ1n) is 18.3. The number of fused-ring (bicyclic) bond motifs is 3. The molecule has 53 heavy (non-hydrogen) atoms. The van der Waals surface area contributed by atoms with Crippen molar-refractivity contribution in [1.29, 1.82) is 0 Å². The Labute approximate surface area is 306 Å². The molecule has 4 aromatic rings. The Morgan fingerprint density at radius 3 is 1.60 bits per heavy atom. The normalized spacial score (nSPS) is 25.1. The highest BCUT2D eigenvalue weighted by atomic mass is 16.5. The Balaban J connectivity index is 0.000000118. The smallest absolute Gasteiger partial charge is 0.360 e. The first kappa shape index (κ1) is 34.6. The number of aliphatic hydroxyl groups excluding tert-OH is 1. The monoisotopic (exact) mass is 721 g/mol. The van der Waals surface area contributed by atoms with Crippen molar-refractivity contribution in [3.05, 3.63) is 76.2 Å². The van der Waals surface area contributed by atoms with Crippen molar-refractivity contribution in [2.45, 2.75) is 45.9 Å². The van der Waals surface area contributed by atoms with Crippen molar-refractivity contribution in [2.75, 3.05) is 60.6 Å². The molecule has 18 heteroatoms. The summed E-state index contributed by atoms with van der Waals surface area (Å²) in [4.78, 5) is 47.0. The zero-order valence-corrected chi connectivity index (χ0v) is 29.7. The Morgan fingerprint density at radius 1 is 0.755 bits per heavy atom. The van der Waals surface area contributed by atoms with Gasteiger partial charge in [-0.1, -0.05) is 10.3 Å². The van der Waals surface area contributed by atoms with Crippen molar-refractivity contribution in [3.63, 3.8) is 0 Å². The van der Waals surface area contributed by atoms with Gasteiger partial charge in [0.1, 0.15) is 0 Å². The summed E-state index contributed by atoms with van der Waals surface area (Å²) >= 11 is 0. The van der Waals surface area contributed by atoms with E-state index in [2.05, 4.69) is 64.9 Å². The molecular weight excluding hydrogens is 678 g/mol. The molecule has 6 fully saturated rings. The number of anilines is 3. The average molecular weight is 722 g/mol. The van der Waals surface area contributed by atoms with Crippen molar-refractivity contribution < 1.29 is 14.6 Å². The lowest BCUT2D eigenvalue weighted by molar-refractivity contribution is 0.0519. The van der Waals surface area contributed by atoms with Gasteiger partial charge in [0.2, 0.25) is 17.8 Å². The maximum absolute atomic E-state index is 11.6. The van der Waals surface area contributed by atoms with Gasteiger partial charge in [0.25, 0.3) is 0 Å². The largest absolute Gasteiger partial charge is 0.461 e. The summed E-state index contributed by atoms with van der Waals surface area (Å²) in [5, 5.41) is 20.1. The highest BCUT2D eigenvalue weighted by Crippen LogP contribution is 2.47. The van der Waals surface area contributed by atoms with Gasteiger partial charge in [-0.2, -0.15) is 0 Å². The van der Waals surface area contributed by atoms with E-state index >= 15 is 0 Å². The van der Waals surface area contributed by atoms with Gasteiger partial charge in [-0.05, 0) is 72.8 Å². The third-order valence-corrected chi connectivity index (χ3v) is 10.7. The summed E-state index contributed by atoms with van der Waals surface area (Å²) in [6.07, 6.45) is 16.2. The molecule has 0 aromatic carbocycles. The lowest BCUT2D eigenvalue weighted by Gasteiger charge is -2.17. The molecule has 6 aliphatic rings. The summed E-state index contributed by atoms with van der Waals surface area (Å²) in [6.45, 7) is 9.47. The zero-order chi connectivity index (χ0) is 36.3. The molecule has 0 radical (unpaired) electrons. The van der Waals surface area contributed by atoms with Gasteiger partial charge in [0, 0.05) is 92.5 Å². The fraction of sp³-hybridized carbons (Fsp3) is 0.571. The van der Waals surface area contributed by atoms with E-state index in [0.717, 1.165) is 109 Å². The van der Waals surface area contributed by atoms with Gasteiger partial charge >= 0.3 is 5.97 Å². The van der Waals surface area contributed by atoms with E-state index in [-0.39, 0.29) is 12.3 Å². The van der Waals surface area contributed by atoms with E-state index in [1.807, 2.05) is 0 Å². The van der Waals surface area contributed by atoms with E-state index in [1.165, 1.54) is 19.3 Å². The average Bonchev–Trinajstić information content (AvgIpc) is 4.08. The highest BCUT2D eigenvalue weighted by molar-refractivity contribution is 5.86. The summed E-state index contributed by atoms with van der Waals surface area (Å²) in [6, 6.07) is 0. The second kappa shape index (κ2) is 15.2. The zero-order valence-electron chi connectivity index (χ0n) is 29.7. The van der Waals surface area contributed by atoms with Gasteiger partial charge in [0.15, 0.2) is 5.69 Å². The SMILES string of the molecule is CCOC(=O)c1cn(Cc2cnc(N3CC4CC4C3)nc2)nn1.OCc1cnc(N2CC3CC3C2)nc1.[N-]=[N+]=NCc1cnc(N2CC3CC3C2)nc1. The molecule has 3 aliphatic heterocycles. The standard InChI is InChI=1S/C15H18N6O2.C10H12N6.C10H13N3O/c1-2-23-14(22)13-9-21(19-18-13)6-10-4-16-15(17-5-10)20-7-11-3-12(11)8-20;11-15-14-4-7-2-12-10(13-3-7)16-5-8-1-9(8)6-16;14-6-7-2-11-10(12-3-7)13-4-8-1-9(8)5-13/h4-5,9,11-12H,2-3,6-8H2,1H3;2-3,8-9H,1,4-6H2;2-3,8-9,14H,1,4-6H2. The van der Waals surface area contributed by atoms with Crippen LogP contribution in [0.3, 0.4) is 0 Å². The molecule has 4 aromatic heterocycles. The second-order valence-corrected chi connectivity index (χ2v) is 14.7. The number of carbonyl (C=O) groups excluding carboxylic acids is 1. The van der Waals surface area contributed by atoms with Crippen LogP contribution in [0.1, 0.15) is 53.4 Å². The molecule has 3 saturated carbocycles. The van der Waals surface area contributed by atoms with Crippen LogP contribution in [-0.2, 0) is 24.4 Å². The number of nitrogens with zero attached hydrogens (tertiary/aromatic N) is 15. The molecule has 1 N–H and O–H groups in total. The predicted molar refractivity (Wildman–Crippen MR) is 191 cm³/mol. The summed E-state index contributed by atoms with van der Waals surface area (Å²) in [5.74, 6) is 7.23. The number of piperidine rings is 3. The minimum absolute atomic E-state index is 0.0194. The fourth-order valence-corrected chi connectivity index (χ4v) is 7.44. The first-order chi connectivity index (χ1) is 26.0. The molecule has 6 atom stereocenters. The molecule has 6 unspecified atom stereocenters. The molecule has 276 valence electrons. The van der Waals surface area contributed by atoms with Gasteiger partial charge in [-0.3, -0.25) is 0 Å². The number of azide groups is 1. The number of aliphatic hydroxyl groups is 1. The van der Waals surface area contributed by atoms with Crippen LogP contribution < -0.4 is 14.7 Å². The second-order valence-electron chi connectivity index (χ2n) is 14.7. The van der Waals surface area contributed by atoms with Crippen molar-refractivity contribution >= 4 is 23.8 Å². The third-order valence-electron chi connectivity index (χ3n) is 10.7. The molecule has 18 nitrogen and oxygen atoms in total. The molecule has 10 rings (SSSR count). The van der Waals surface area contributed by atoms with Gasteiger partial charge in [-0.25, -0.2) is 39.4 Å². The number of ether oxygens (including phenoxy) is 1. The molecule has 3 aliphatic carbocycles. The minimum atomic E-state index is -0.460. The summed E-state index contributed by atoms with van der Waals surface area (Å²) in [7, 11) is 0. The van der Waals surface area contributed by atoms with Gasteiger partial charge < -0.3 is 24.5 Å². The summed E-state index contributed by atoms with van der Waals surface area (Å²) < 4.78 is 6.47. The Hall–Kier alpha value is -5.48. The maximum Gasteiger partial charge on any atom is 0.360 e. The minimum Gasteiger partial charge on any atom is -0.461 e. The van der Waals surface area contributed by atoms with E-state index < -0.39 is 5.97 Å². The molecule has 7 heterocycles. The van der Waals surface area contributed by atoms with Gasteiger partial charge in [-0.15, -0.1) is 5.10 Å². The lowest BCUT2D eigenvalue weighted by atomic mass is 10.3. The van der Waals surface area contributed by atoms with E-state index in [9.17, 15) is 4.79 Å². The number of hydrogen-bond acceptors (Lipinski definition) is 15. The van der Waals surface area contributed by atoms with Crippen molar-refractivity contribution in [3.8, 4) is 0 Å². The molecule has 0 spiro atoms. The fourth-order valence-electron chi connectivity index (χ4n) is 7.44. The Morgan fingerprint density at radius 2 is 1.19 bits per heavy atom. The van der Waals surface area contributed by atoms with Crippen LogP contribution in [0.2, 0.25) is 0 Å². The van der Waals surface area contributed by atoms with Crippen LogP contribution in [0.4, 0.5) is 17.8 Å². The molecule has 0 bridgehead atoms. The van der Waals surface area contributed by atoms with Crippen LogP contribution in [0, 0.1) is 35.5 Å². The summed E-state index contributed by atoms with van der Waals surface area (Å²) in [5.41, 5.74) is 11.0. The lowest BCUT2D eigenvalue weighted by Crippen LogP contribution is -2.24. The molecular formula is C35H43N15O3. The number of rotatable bonds is 10. The number of carbonyl (C=O) groups is 1. The number of aromatic nitrogens is 9. The molecule has 3 saturated heterocycles. The van der Waals surface area contributed by atoms with E-state index in [4.69, 9.17) is 15.4 Å². The highest BCUT2D eigenvalue weighted by Gasteiger charge is 2.47. The Bertz CT molecular complexity index is 1890. The van der Waals surface area contributed by atoms with Crippen LogP contribution in [-0.4, -0.2) is 102 Å². The first-order valence-corrected chi connectivity index (χ1v) is 18.3. The van der Waals surface area contributed by atoms with Crippen molar-refractivity contribution in [1.82, 2.24) is 44.9 Å². The van der Waals surface area contributed by atoms with Crippen LogP contribution >= 0.6 is 0 Å². The van der Waals surface area contributed by atoms with Crippen molar-refractivity contribution in [2.24, 2.45) is 40.6 Å². The van der Waals surface area contributed by atoms with E-state index in [0.29, 0.717) is 19.7 Å². The van der Waals surface area contributed by atoms with Crippen LogP contribution in [0.5, 0.6) is 0 Å². The van der Waals surface area contributed by atoms with Crippen LogP contribution in [0.15, 0.2) is 48.5 Å². The number of hydrogen-bond donors (Lipinski definition) is 1. The predicted octanol–water partition coefficient (Wildman–Crippen LogP) is 2.92. The quantitative estimate of drug-likeness (QED) is 0.108. The van der Waals surface area contributed by atoms with Gasteiger partial charge in [0.05, 0.1) is 32.5 Å². The molecule has 0 amide bonds. The maximum atomic E-state index is 11.6. The number of esters is 1. The van der Waals surface area contributed by atoms with E-state index in [1.54, 1.807) is 55.0 Å².